The molecule has 3 aromatic rings. The van der Waals surface area contributed by atoms with Gasteiger partial charge in [0.05, 0.1) is 11.9 Å². The molecule has 2 aromatic heterocycles. The molecule has 4 rings (SSSR count). The van der Waals surface area contributed by atoms with E-state index in [9.17, 15) is 0 Å². The molecule has 0 bridgehead atoms. The van der Waals surface area contributed by atoms with Gasteiger partial charge in [-0.2, -0.15) is 5.10 Å². The third-order valence-electron chi connectivity index (χ3n) is 5.11. The zero-order chi connectivity index (χ0) is 16.4. The second-order valence-corrected chi connectivity index (χ2v) is 6.77. The Balaban J connectivity index is 1.66. The van der Waals surface area contributed by atoms with Crippen LogP contribution in [0.4, 0.5) is 0 Å². The van der Waals surface area contributed by atoms with Crippen molar-refractivity contribution in [2.24, 2.45) is 0 Å². The molecule has 0 atom stereocenters. The molecule has 1 aromatic carbocycles. The van der Waals surface area contributed by atoms with Crippen molar-refractivity contribution in [3.05, 3.63) is 66.7 Å². The van der Waals surface area contributed by atoms with Crippen molar-refractivity contribution in [2.45, 2.75) is 25.2 Å². The zero-order valence-electron chi connectivity index (χ0n) is 13.9. The Morgan fingerprint density at radius 1 is 1.04 bits per heavy atom. The van der Waals surface area contributed by atoms with Gasteiger partial charge in [0.1, 0.15) is 0 Å². The molecule has 0 spiro atoms. The first-order chi connectivity index (χ1) is 11.7. The lowest BCUT2D eigenvalue weighted by Gasteiger charge is -2.34. The van der Waals surface area contributed by atoms with Gasteiger partial charge in [0, 0.05) is 24.2 Å². The minimum absolute atomic E-state index is 0.266. The molecule has 4 heteroatoms. The van der Waals surface area contributed by atoms with Crippen LogP contribution in [-0.4, -0.2) is 27.9 Å². The fourth-order valence-electron chi connectivity index (χ4n) is 3.45. The second-order valence-electron chi connectivity index (χ2n) is 6.77. The minimum atomic E-state index is 0.266. The fourth-order valence-corrected chi connectivity index (χ4v) is 3.45. The molecule has 3 heterocycles. The van der Waals surface area contributed by atoms with Gasteiger partial charge in [-0.15, -0.1) is 0 Å². The highest BCUT2D eigenvalue weighted by Gasteiger charge is 2.28. The summed E-state index contributed by atoms with van der Waals surface area (Å²) in [4.78, 5) is 4.06. The highest BCUT2D eigenvalue weighted by molar-refractivity contribution is 5.63. The van der Waals surface area contributed by atoms with E-state index >= 15 is 0 Å². The molecule has 0 aliphatic carbocycles. The average molecular weight is 318 g/mol. The number of nitrogens with zero attached hydrogens (tertiary/aromatic N) is 3. The smallest absolute Gasteiger partial charge is 0.0676 e. The van der Waals surface area contributed by atoms with E-state index in [4.69, 9.17) is 0 Å². The SMILES string of the molecule is CC1(c2cccc(-c3cnn(-c4ccncc4)c3)c2)CCNCC1. The number of rotatable bonds is 3. The Bertz CT molecular complexity index is 816. The van der Waals surface area contributed by atoms with Crippen molar-refractivity contribution < 1.29 is 0 Å². The van der Waals surface area contributed by atoms with Gasteiger partial charge in [-0.05, 0) is 54.6 Å². The van der Waals surface area contributed by atoms with E-state index in [0.717, 1.165) is 24.3 Å². The maximum atomic E-state index is 4.50. The lowest BCUT2D eigenvalue weighted by molar-refractivity contribution is 0.335. The van der Waals surface area contributed by atoms with Crippen LogP contribution >= 0.6 is 0 Å². The third-order valence-corrected chi connectivity index (χ3v) is 5.11. The van der Waals surface area contributed by atoms with E-state index < -0.39 is 0 Å². The van der Waals surface area contributed by atoms with Crippen LogP contribution in [0.2, 0.25) is 0 Å². The normalized spacial score (nSPS) is 16.9. The van der Waals surface area contributed by atoms with E-state index in [1.165, 1.54) is 24.0 Å². The molecule has 24 heavy (non-hydrogen) atoms. The van der Waals surface area contributed by atoms with E-state index in [1.54, 1.807) is 12.4 Å². The molecule has 4 nitrogen and oxygen atoms in total. The summed E-state index contributed by atoms with van der Waals surface area (Å²) >= 11 is 0. The maximum Gasteiger partial charge on any atom is 0.0676 e. The van der Waals surface area contributed by atoms with E-state index in [-0.39, 0.29) is 5.41 Å². The number of benzene rings is 1. The van der Waals surface area contributed by atoms with Crippen LogP contribution in [0.15, 0.2) is 61.2 Å². The van der Waals surface area contributed by atoms with Gasteiger partial charge < -0.3 is 5.32 Å². The molecule has 1 saturated heterocycles. The van der Waals surface area contributed by atoms with Crippen molar-refractivity contribution in [3.63, 3.8) is 0 Å². The van der Waals surface area contributed by atoms with Gasteiger partial charge in [0.15, 0.2) is 0 Å². The summed E-state index contributed by atoms with van der Waals surface area (Å²) in [5.74, 6) is 0. The number of hydrogen-bond acceptors (Lipinski definition) is 3. The Morgan fingerprint density at radius 3 is 2.62 bits per heavy atom. The Kier molecular flexibility index (Phi) is 3.90. The topological polar surface area (TPSA) is 42.7 Å². The molecular formula is C20H22N4. The number of aromatic nitrogens is 3. The predicted octanol–water partition coefficient (Wildman–Crippen LogP) is 3.58. The van der Waals surface area contributed by atoms with E-state index in [2.05, 4.69) is 52.8 Å². The number of nitrogens with one attached hydrogen (secondary N) is 1. The zero-order valence-corrected chi connectivity index (χ0v) is 13.9. The fraction of sp³-hybridized carbons (Fsp3) is 0.300. The average Bonchev–Trinajstić information content (AvgIpc) is 3.13. The molecule has 1 N–H and O–H groups in total. The van der Waals surface area contributed by atoms with Crippen LogP contribution in [-0.2, 0) is 5.41 Å². The molecule has 0 amide bonds. The Labute approximate surface area is 142 Å². The highest BCUT2D eigenvalue weighted by atomic mass is 15.3. The number of pyridine rings is 1. The number of piperidine rings is 1. The molecule has 0 saturated carbocycles. The molecule has 1 aliphatic heterocycles. The lowest BCUT2D eigenvalue weighted by atomic mass is 9.74. The summed E-state index contributed by atoms with van der Waals surface area (Å²) in [6.07, 6.45) is 9.97. The molecule has 0 unspecified atom stereocenters. The molecule has 122 valence electrons. The van der Waals surface area contributed by atoms with Crippen molar-refractivity contribution in [3.8, 4) is 16.8 Å². The Hall–Kier alpha value is -2.46. The van der Waals surface area contributed by atoms with E-state index in [0.29, 0.717) is 0 Å². The molecule has 0 radical (unpaired) electrons. The van der Waals surface area contributed by atoms with Crippen LogP contribution in [0, 0.1) is 0 Å². The predicted molar refractivity (Wildman–Crippen MR) is 96.3 cm³/mol. The van der Waals surface area contributed by atoms with Gasteiger partial charge in [-0.1, -0.05) is 31.2 Å². The number of hydrogen-bond donors (Lipinski definition) is 1. The summed E-state index contributed by atoms with van der Waals surface area (Å²) in [5, 5.41) is 7.96. The van der Waals surface area contributed by atoms with Crippen molar-refractivity contribution in [1.82, 2.24) is 20.1 Å². The van der Waals surface area contributed by atoms with Crippen LogP contribution < -0.4 is 5.32 Å². The lowest BCUT2D eigenvalue weighted by Crippen LogP contribution is -2.37. The summed E-state index contributed by atoms with van der Waals surface area (Å²) in [5.41, 5.74) is 5.09. The van der Waals surface area contributed by atoms with Crippen LogP contribution in [0.5, 0.6) is 0 Å². The molecule has 1 fully saturated rings. The van der Waals surface area contributed by atoms with Crippen LogP contribution in [0.1, 0.15) is 25.3 Å². The molecule has 1 aliphatic rings. The van der Waals surface area contributed by atoms with Gasteiger partial charge in [-0.25, -0.2) is 4.68 Å². The van der Waals surface area contributed by atoms with Gasteiger partial charge in [0.25, 0.3) is 0 Å². The van der Waals surface area contributed by atoms with Crippen LogP contribution in [0.25, 0.3) is 16.8 Å². The third kappa shape index (κ3) is 2.85. The summed E-state index contributed by atoms with van der Waals surface area (Å²) in [6, 6.07) is 12.9. The van der Waals surface area contributed by atoms with Crippen molar-refractivity contribution in [2.75, 3.05) is 13.1 Å². The van der Waals surface area contributed by atoms with E-state index in [1.807, 2.05) is 23.0 Å². The molecular weight excluding hydrogens is 296 g/mol. The quantitative estimate of drug-likeness (QED) is 0.803. The second kappa shape index (κ2) is 6.21. The van der Waals surface area contributed by atoms with Crippen molar-refractivity contribution >= 4 is 0 Å². The monoisotopic (exact) mass is 318 g/mol. The highest BCUT2D eigenvalue weighted by Crippen LogP contribution is 2.34. The minimum Gasteiger partial charge on any atom is -0.317 e. The summed E-state index contributed by atoms with van der Waals surface area (Å²) in [6.45, 7) is 4.58. The van der Waals surface area contributed by atoms with Gasteiger partial charge in [0.2, 0.25) is 0 Å². The first-order valence-corrected chi connectivity index (χ1v) is 8.51. The first-order valence-electron chi connectivity index (χ1n) is 8.51. The van der Waals surface area contributed by atoms with Crippen LogP contribution in [0.3, 0.4) is 0 Å². The first kappa shape index (κ1) is 15.1. The van der Waals surface area contributed by atoms with Gasteiger partial charge in [-0.3, -0.25) is 4.98 Å². The van der Waals surface area contributed by atoms with Crippen molar-refractivity contribution in [1.29, 1.82) is 0 Å². The van der Waals surface area contributed by atoms with Gasteiger partial charge >= 0.3 is 0 Å². The maximum absolute atomic E-state index is 4.50. The standard InChI is InChI=1S/C20H22N4/c1-20(7-11-22-12-8-20)18-4-2-3-16(13-18)17-14-23-24(15-17)19-5-9-21-10-6-19/h2-6,9-10,13-15,22H,7-8,11-12H2,1H3. The largest absolute Gasteiger partial charge is 0.317 e. The Morgan fingerprint density at radius 2 is 1.83 bits per heavy atom. The summed E-state index contributed by atoms with van der Waals surface area (Å²) < 4.78 is 1.90. The summed E-state index contributed by atoms with van der Waals surface area (Å²) in [7, 11) is 0.